The maximum Gasteiger partial charge on any atom is 0.192 e. The Hall–Kier alpha value is -0.453. The van der Waals surface area contributed by atoms with Crippen LogP contribution in [0.15, 0.2) is 11.6 Å². The SMILES string of the molecule is CCC[C@@H](O)C/C(C)=C/[C@@H](O[Si](C)(C)C(C)(C)C)[C@@H](C)C(C)=O. The van der Waals surface area contributed by atoms with E-state index in [1.165, 1.54) is 0 Å². The average molecular weight is 343 g/mol. The number of hydrogen-bond donors (Lipinski definition) is 1. The molecule has 0 saturated heterocycles. The van der Waals surface area contributed by atoms with E-state index in [9.17, 15) is 9.90 Å². The molecule has 0 bridgehead atoms. The third-order valence-electron chi connectivity index (χ3n) is 5.00. The molecule has 3 atom stereocenters. The van der Waals surface area contributed by atoms with Crippen LogP contribution in [0.1, 0.15) is 67.7 Å². The van der Waals surface area contributed by atoms with Gasteiger partial charge in [0.25, 0.3) is 0 Å². The molecule has 0 aliphatic heterocycles. The highest BCUT2D eigenvalue weighted by Gasteiger charge is 2.40. The first-order valence-corrected chi connectivity index (χ1v) is 11.8. The number of rotatable bonds is 9. The Morgan fingerprint density at radius 1 is 1.26 bits per heavy atom. The molecule has 3 nitrogen and oxygen atoms in total. The third-order valence-corrected chi connectivity index (χ3v) is 9.47. The number of aliphatic hydroxyl groups excluding tert-OH is 1. The molecule has 0 heterocycles. The van der Waals surface area contributed by atoms with E-state index in [2.05, 4.69) is 46.9 Å². The second-order valence-electron chi connectivity index (χ2n) is 8.40. The Morgan fingerprint density at radius 3 is 2.17 bits per heavy atom. The molecule has 0 aromatic carbocycles. The lowest BCUT2D eigenvalue weighted by molar-refractivity contribution is -0.122. The molecule has 0 aliphatic rings. The maximum absolute atomic E-state index is 11.9. The van der Waals surface area contributed by atoms with Crippen LogP contribution in [0.5, 0.6) is 0 Å². The first-order chi connectivity index (χ1) is 10.3. The number of ketones is 1. The normalized spacial score (nSPS) is 17.7. The van der Waals surface area contributed by atoms with Crippen LogP contribution in [0.25, 0.3) is 0 Å². The van der Waals surface area contributed by atoms with Gasteiger partial charge in [-0.25, -0.2) is 0 Å². The molecule has 0 unspecified atom stereocenters. The summed E-state index contributed by atoms with van der Waals surface area (Å²) in [5.41, 5.74) is 1.10. The van der Waals surface area contributed by atoms with Crippen molar-refractivity contribution in [1.82, 2.24) is 0 Å². The molecule has 0 aromatic heterocycles. The summed E-state index contributed by atoms with van der Waals surface area (Å²) in [4.78, 5) is 11.9. The Labute approximate surface area is 144 Å². The van der Waals surface area contributed by atoms with Crippen LogP contribution >= 0.6 is 0 Å². The first-order valence-electron chi connectivity index (χ1n) is 8.85. The van der Waals surface area contributed by atoms with E-state index < -0.39 is 8.32 Å². The molecular weight excluding hydrogens is 304 g/mol. The summed E-state index contributed by atoms with van der Waals surface area (Å²) >= 11 is 0. The number of aliphatic hydroxyl groups is 1. The number of carbonyl (C=O) groups is 1. The molecular formula is C19H38O3Si. The van der Waals surface area contributed by atoms with E-state index in [-0.39, 0.29) is 28.9 Å². The zero-order chi connectivity index (χ0) is 18.4. The van der Waals surface area contributed by atoms with Crippen LogP contribution in [0.4, 0.5) is 0 Å². The van der Waals surface area contributed by atoms with Gasteiger partial charge in [0.15, 0.2) is 8.32 Å². The van der Waals surface area contributed by atoms with E-state index in [1.54, 1.807) is 6.92 Å². The van der Waals surface area contributed by atoms with Crippen molar-refractivity contribution in [3.63, 3.8) is 0 Å². The quantitative estimate of drug-likeness (QED) is 0.468. The zero-order valence-corrected chi connectivity index (χ0v) is 17.7. The summed E-state index contributed by atoms with van der Waals surface area (Å²) in [6.45, 7) is 18.7. The van der Waals surface area contributed by atoms with Crippen LogP contribution < -0.4 is 0 Å². The van der Waals surface area contributed by atoms with Gasteiger partial charge < -0.3 is 9.53 Å². The van der Waals surface area contributed by atoms with E-state index in [0.29, 0.717) is 6.42 Å². The van der Waals surface area contributed by atoms with E-state index in [0.717, 1.165) is 18.4 Å². The van der Waals surface area contributed by atoms with Gasteiger partial charge in [-0.05, 0) is 44.8 Å². The van der Waals surface area contributed by atoms with Crippen molar-refractivity contribution in [2.75, 3.05) is 0 Å². The average Bonchev–Trinajstić information content (AvgIpc) is 2.35. The lowest BCUT2D eigenvalue weighted by Crippen LogP contribution is -2.45. The molecule has 136 valence electrons. The number of Topliss-reactive ketones (excluding diaryl/α,β-unsaturated/α-hetero) is 1. The number of carbonyl (C=O) groups excluding carboxylic acids is 1. The summed E-state index contributed by atoms with van der Waals surface area (Å²) in [6, 6.07) is 0. The van der Waals surface area contributed by atoms with Crippen molar-refractivity contribution in [2.45, 2.75) is 98.1 Å². The van der Waals surface area contributed by atoms with E-state index in [1.807, 2.05) is 13.8 Å². The first kappa shape index (κ1) is 22.5. The minimum atomic E-state index is -1.96. The summed E-state index contributed by atoms with van der Waals surface area (Å²) in [5, 5.41) is 10.1. The van der Waals surface area contributed by atoms with Crippen molar-refractivity contribution in [2.24, 2.45) is 5.92 Å². The van der Waals surface area contributed by atoms with E-state index in [4.69, 9.17) is 4.43 Å². The van der Waals surface area contributed by atoms with Crippen LogP contribution in [0.3, 0.4) is 0 Å². The molecule has 0 amide bonds. The summed E-state index contributed by atoms with van der Waals surface area (Å²) in [6.07, 6.45) is 3.98. The second-order valence-corrected chi connectivity index (χ2v) is 13.2. The maximum atomic E-state index is 11.9. The topological polar surface area (TPSA) is 46.5 Å². The van der Waals surface area contributed by atoms with Gasteiger partial charge in [-0.1, -0.05) is 52.7 Å². The fourth-order valence-corrected chi connectivity index (χ4v) is 3.49. The number of hydrogen-bond acceptors (Lipinski definition) is 3. The van der Waals surface area contributed by atoms with Crippen molar-refractivity contribution in [3.8, 4) is 0 Å². The van der Waals surface area contributed by atoms with Crippen LogP contribution in [0, 0.1) is 5.92 Å². The van der Waals surface area contributed by atoms with Gasteiger partial charge in [-0.3, -0.25) is 4.79 Å². The summed E-state index contributed by atoms with van der Waals surface area (Å²) < 4.78 is 6.50. The molecule has 0 rings (SSSR count). The second kappa shape index (κ2) is 9.14. The third kappa shape index (κ3) is 7.77. The van der Waals surface area contributed by atoms with Crippen LogP contribution in [-0.4, -0.2) is 31.4 Å². The van der Waals surface area contributed by atoms with E-state index >= 15 is 0 Å². The van der Waals surface area contributed by atoms with Crippen molar-refractivity contribution in [3.05, 3.63) is 11.6 Å². The fourth-order valence-electron chi connectivity index (χ4n) is 2.18. The molecule has 0 radical (unpaired) electrons. The summed E-state index contributed by atoms with van der Waals surface area (Å²) in [7, 11) is -1.96. The van der Waals surface area contributed by atoms with Gasteiger partial charge in [0.05, 0.1) is 12.2 Å². The highest BCUT2D eigenvalue weighted by Crippen LogP contribution is 2.38. The Morgan fingerprint density at radius 2 is 1.78 bits per heavy atom. The van der Waals surface area contributed by atoms with Gasteiger partial charge in [-0.2, -0.15) is 0 Å². The largest absolute Gasteiger partial charge is 0.410 e. The fraction of sp³-hybridized carbons (Fsp3) is 0.842. The minimum Gasteiger partial charge on any atom is -0.410 e. The van der Waals surface area contributed by atoms with Crippen molar-refractivity contribution < 1.29 is 14.3 Å². The van der Waals surface area contributed by atoms with Crippen molar-refractivity contribution >= 4 is 14.1 Å². The lowest BCUT2D eigenvalue weighted by atomic mass is 9.97. The smallest absolute Gasteiger partial charge is 0.192 e. The van der Waals surface area contributed by atoms with Gasteiger partial charge in [0.1, 0.15) is 5.78 Å². The molecule has 0 fully saturated rings. The standard InChI is InChI=1S/C19H38O3Si/c1-10-11-17(21)12-14(2)13-18(15(3)16(4)20)22-23(8,9)19(5,6)7/h13,15,17-18,21H,10-12H2,1-9H3/b14-13+/t15-,17+,18+/m0/s1. The molecule has 4 heteroatoms. The highest BCUT2D eigenvalue weighted by atomic mass is 28.4. The minimum absolute atomic E-state index is 0.102. The van der Waals surface area contributed by atoms with Crippen molar-refractivity contribution in [1.29, 1.82) is 0 Å². The molecule has 1 N–H and O–H groups in total. The van der Waals surface area contributed by atoms with Gasteiger partial charge in [-0.15, -0.1) is 0 Å². The highest BCUT2D eigenvalue weighted by molar-refractivity contribution is 6.74. The van der Waals surface area contributed by atoms with Gasteiger partial charge >= 0.3 is 0 Å². The molecule has 0 saturated carbocycles. The van der Waals surface area contributed by atoms with Crippen LogP contribution in [0.2, 0.25) is 18.1 Å². The van der Waals surface area contributed by atoms with Gasteiger partial charge in [0, 0.05) is 5.92 Å². The molecule has 0 spiro atoms. The molecule has 0 aromatic rings. The van der Waals surface area contributed by atoms with Gasteiger partial charge in [0.2, 0.25) is 0 Å². The molecule has 23 heavy (non-hydrogen) atoms. The monoisotopic (exact) mass is 342 g/mol. The Bertz CT molecular complexity index is 407. The predicted octanol–water partition coefficient (Wildman–Crippen LogP) is 5.10. The summed E-state index contributed by atoms with van der Waals surface area (Å²) in [5.74, 6) is -0.0192. The zero-order valence-electron chi connectivity index (χ0n) is 16.7. The lowest BCUT2D eigenvalue weighted by Gasteiger charge is -2.40. The van der Waals surface area contributed by atoms with Crippen LogP contribution in [-0.2, 0) is 9.22 Å². The molecule has 0 aliphatic carbocycles. The Balaban J connectivity index is 5.28. The predicted molar refractivity (Wildman–Crippen MR) is 101 cm³/mol. The Kier molecular flexibility index (Phi) is 8.96.